The number of carboxylic acid groups (broad SMARTS) is 1. The molecule has 0 aliphatic heterocycles. The second-order valence-corrected chi connectivity index (χ2v) is 9.12. The number of nitrogens with zero attached hydrogens (tertiary/aromatic N) is 1. The van der Waals surface area contributed by atoms with Crippen molar-refractivity contribution < 1.29 is 36.3 Å². The molecule has 0 aliphatic carbocycles. The molecule has 0 unspecified atom stereocenters. The lowest BCUT2D eigenvalue weighted by atomic mass is 10.1. The predicted octanol–water partition coefficient (Wildman–Crippen LogP) is 4.00. The van der Waals surface area contributed by atoms with Gasteiger partial charge in [-0.2, -0.15) is 13.2 Å². The van der Waals surface area contributed by atoms with Gasteiger partial charge in [-0.1, -0.05) is 12.1 Å². The minimum Gasteiger partial charge on any atom is -0.478 e. The number of rotatable bonds is 4. The number of alkyl halides is 3. The summed E-state index contributed by atoms with van der Waals surface area (Å²) in [7, 11) is -3.20. The third-order valence-corrected chi connectivity index (χ3v) is 5.81. The molecule has 7 nitrogen and oxygen atoms in total. The van der Waals surface area contributed by atoms with Gasteiger partial charge in [0.15, 0.2) is 9.84 Å². The van der Waals surface area contributed by atoms with Crippen molar-refractivity contribution in [1.29, 1.82) is 0 Å². The third-order valence-electron chi connectivity index (χ3n) is 4.68. The van der Waals surface area contributed by atoms with Crippen LogP contribution in [0.25, 0.3) is 5.69 Å². The van der Waals surface area contributed by atoms with Crippen molar-refractivity contribution in [2.75, 3.05) is 6.26 Å². The number of hydrogen-bond donors (Lipinski definition) is 2. The van der Waals surface area contributed by atoms with Crippen LogP contribution in [0.5, 0.6) is 0 Å². The van der Waals surface area contributed by atoms with Gasteiger partial charge in [-0.15, -0.1) is 0 Å². The average molecular weight is 482 g/mol. The summed E-state index contributed by atoms with van der Waals surface area (Å²) in [5.41, 5.74) is 5.13. The minimum absolute atomic E-state index is 0.000484. The van der Waals surface area contributed by atoms with Crippen LogP contribution in [0.3, 0.4) is 0 Å². The van der Waals surface area contributed by atoms with Crippen LogP contribution in [0.4, 0.5) is 13.2 Å². The molecule has 3 aromatic rings. The maximum Gasteiger partial charge on any atom is 0.418 e. The maximum atomic E-state index is 13.0. The molecule has 3 N–H and O–H groups in total. The zero-order valence-electron chi connectivity index (χ0n) is 17.8. The second-order valence-electron chi connectivity index (χ2n) is 7.10. The van der Waals surface area contributed by atoms with E-state index in [0.29, 0.717) is 11.3 Å². The molecule has 0 aliphatic rings. The minimum atomic E-state index is -4.50. The molecule has 1 heterocycles. The van der Waals surface area contributed by atoms with E-state index < -0.39 is 33.5 Å². The molecule has 33 heavy (non-hydrogen) atoms. The monoisotopic (exact) mass is 482 g/mol. The molecule has 11 heteroatoms. The highest BCUT2D eigenvalue weighted by molar-refractivity contribution is 7.90. The fourth-order valence-electron chi connectivity index (χ4n) is 3.12. The van der Waals surface area contributed by atoms with Gasteiger partial charge in [-0.25, -0.2) is 13.2 Å². The highest BCUT2D eigenvalue weighted by Gasteiger charge is 2.34. The topological polar surface area (TPSA) is 119 Å². The Labute approximate surface area is 188 Å². The van der Waals surface area contributed by atoms with E-state index in [9.17, 15) is 31.2 Å². The van der Waals surface area contributed by atoms with E-state index in [4.69, 9.17) is 10.8 Å². The van der Waals surface area contributed by atoms with Crippen LogP contribution in [0.2, 0.25) is 0 Å². The Morgan fingerprint density at radius 2 is 1.55 bits per heavy atom. The van der Waals surface area contributed by atoms with Gasteiger partial charge < -0.3 is 15.4 Å². The Bertz CT molecular complexity index is 1290. The van der Waals surface area contributed by atoms with E-state index in [0.717, 1.165) is 12.3 Å². The van der Waals surface area contributed by atoms with Crippen LogP contribution in [0, 0.1) is 13.8 Å². The van der Waals surface area contributed by atoms with Gasteiger partial charge in [-0.05, 0) is 56.3 Å². The quantitative estimate of drug-likeness (QED) is 0.583. The number of amides is 1. The van der Waals surface area contributed by atoms with E-state index >= 15 is 0 Å². The number of hydrogen-bond acceptors (Lipinski definition) is 4. The number of carboxylic acids is 1. The largest absolute Gasteiger partial charge is 0.478 e. The summed E-state index contributed by atoms with van der Waals surface area (Å²) in [4.78, 5) is 21.9. The van der Waals surface area contributed by atoms with E-state index in [1.54, 1.807) is 6.92 Å². The zero-order chi connectivity index (χ0) is 25.1. The first-order chi connectivity index (χ1) is 15.1. The van der Waals surface area contributed by atoms with Crippen molar-refractivity contribution in [3.63, 3.8) is 0 Å². The molecule has 0 saturated heterocycles. The highest BCUT2D eigenvalue weighted by atomic mass is 32.2. The lowest BCUT2D eigenvalue weighted by Crippen LogP contribution is -2.12. The second kappa shape index (κ2) is 9.49. The molecule has 3 rings (SSSR count). The normalized spacial score (nSPS) is 11.5. The molecule has 0 fully saturated rings. The lowest BCUT2D eigenvalue weighted by molar-refractivity contribution is -0.137. The standard InChI is InChI=1S/C14H12F3NO2.C8H9NO3S/c1-8-7-10(13(19)20)9(2)18(8)12-6-4-3-5-11(12)14(15,16)17;1-13(11,12)7-4-2-6(3-5-7)8(9)10/h3-7H,1-2H3,(H,19,20);2-5H,1H3,(H2,9,10). The fraction of sp³-hybridized carbons (Fsp3) is 0.182. The van der Waals surface area contributed by atoms with Crippen LogP contribution in [-0.2, 0) is 16.0 Å². The lowest BCUT2D eigenvalue weighted by Gasteiger charge is -2.16. The van der Waals surface area contributed by atoms with Gasteiger partial charge in [0.2, 0.25) is 5.91 Å². The van der Waals surface area contributed by atoms with Crippen molar-refractivity contribution in [3.05, 3.63) is 82.7 Å². The summed E-state index contributed by atoms with van der Waals surface area (Å²) < 4.78 is 62.4. The van der Waals surface area contributed by atoms with Crippen LogP contribution in [0.15, 0.2) is 59.5 Å². The Kier molecular flexibility index (Phi) is 7.38. The summed E-state index contributed by atoms with van der Waals surface area (Å²) >= 11 is 0. The fourth-order valence-corrected chi connectivity index (χ4v) is 3.76. The third kappa shape index (κ3) is 6.01. The highest BCUT2D eigenvalue weighted by Crippen LogP contribution is 2.35. The first-order valence-electron chi connectivity index (χ1n) is 9.33. The van der Waals surface area contributed by atoms with Crippen LogP contribution in [0.1, 0.15) is 37.7 Å². The molecule has 2 aromatic carbocycles. The van der Waals surface area contributed by atoms with Crippen molar-refractivity contribution in [1.82, 2.24) is 4.57 Å². The van der Waals surface area contributed by atoms with Gasteiger partial charge >= 0.3 is 12.1 Å². The van der Waals surface area contributed by atoms with Crippen molar-refractivity contribution in [2.24, 2.45) is 5.73 Å². The summed E-state index contributed by atoms with van der Waals surface area (Å²) in [6.45, 7) is 3.07. The summed E-state index contributed by atoms with van der Waals surface area (Å²) in [6.07, 6.45) is -3.39. The number of aromatic nitrogens is 1. The van der Waals surface area contributed by atoms with E-state index in [1.165, 1.54) is 60.0 Å². The molecule has 0 atom stereocenters. The van der Waals surface area contributed by atoms with E-state index in [-0.39, 0.29) is 21.8 Å². The summed E-state index contributed by atoms with van der Waals surface area (Å²) in [5, 5.41) is 9.04. The summed E-state index contributed by atoms with van der Waals surface area (Å²) in [5.74, 6) is -1.73. The number of nitrogens with two attached hydrogens (primary N) is 1. The smallest absolute Gasteiger partial charge is 0.418 e. The number of para-hydroxylation sites is 1. The number of benzene rings is 2. The Morgan fingerprint density at radius 3 is 1.97 bits per heavy atom. The van der Waals surface area contributed by atoms with Crippen LogP contribution >= 0.6 is 0 Å². The number of aryl methyl sites for hydroxylation is 1. The van der Waals surface area contributed by atoms with Crippen molar-refractivity contribution in [2.45, 2.75) is 24.9 Å². The first-order valence-corrected chi connectivity index (χ1v) is 11.2. The van der Waals surface area contributed by atoms with Gasteiger partial charge in [0, 0.05) is 23.2 Å². The zero-order valence-corrected chi connectivity index (χ0v) is 18.7. The number of carbonyl (C=O) groups excluding carboxylic acids is 1. The number of aromatic carboxylic acids is 1. The maximum absolute atomic E-state index is 13.0. The molecule has 176 valence electrons. The van der Waals surface area contributed by atoms with Gasteiger partial charge in [-0.3, -0.25) is 4.79 Å². The number of sulfone groups is 1. The van der Waals surface area contributed by atoms with Gasteiger partial charge in [0.1, 0.15) is 0 Å². The summed E-state index contributed by atoms with van der Waals surface area (Å²) in [6, 6.07) is 12.0. The molecule has 1 amide bonds. The van der Waals surface area contributed by atoms with Gasteiger partial charge in [0.25, 0.3) is 0 Å². The SMILES string of the molecule is CS(=O)(=O)c1ccc(C(N)=O)cc1.Cc1cc(C(=O)O)c(C)n1-c1ccccc1C(F)(F)F. The molecule has 0 spiro atoms. The Morgan fingerprint density at radius 1 is 1.00 bits per heavy atom. The number of halogens is 3. The first kappa shape index (κ1) is 25.7. The van der Waals surface area contributed by atoms with E-state index in [2.05, 4.69) is 0 Å². The molecule has 0 radical (unpaired) electrons. The number of primary amides is 1. The van der Waals surface area contributed by atoms with Gasteiger partial charge in [0.05, 0.1) is 21.7 Å². The number of carbonyl (C=O) groups is 2. The van der Waals surface area contributed by atoms with E-state index in [1.807, 2.05) is 0 Å². The van der Waals surface area contributed by atoms with Crippen LogP contribution < -0.4 is 5.73 Å². The van der Waals surface area contributed by atoms with Crippen molar-refractivity contribution in [3.8, 4) is 5.69 Å². The molecule has 0 saturated carbocycles. The molecular weight excluding hydrogens is 461 g/mol. The predicted molar refractivity (Wildman–Crippen MR) is 115 cm³/mol. The Balaban J connectivity index is 0.000000257. The molecular formula is C22H21F3N2O5S. The molecule has 1 aromatic heterocycles. The molecule has 0 bridgehead atoms. The van der Waals surface area contributed by atoms with Crippen LogP contribution in [-0.4, -0.2) is 36.2 Å². The average Bonchev–Trinajstić information content (AvgIpc) is 3.01. The van der Waals surface area contributed by atoms with Crippen molar-refractivity contribution >= 4 is 21.7 Å². The Hall–Kier alpha value is -3.60.